The summed E-state index contributed by atoms with van der Waals surface area (Å²) < 4.78 is 4.97. The first-order valence-electron chi connectivity index (χ1n) is 4.27. The first kappa shape index (κ1) is 8.26. The normalized spacial score (nSPS) is 19.6. The minimum atomic E-state index is -0.277. The fourth-order valence-electron chi connectivity index (χ4n) is 1.26. The maximum absolute atomic E-state index is 10.7. The number of carbonyl (C=O) groups excluding carboxylic acids is 1. The van der Waals surface area contributed by atoms with Crippen LogP contribution in [-0.4, -0.2) is 12.5 Å². The van der Waals surface area contributed by atoms with Gasteiger partial charge in [0, 0.05) is 19.5 Å². The van der Waals surface area contributed by atoms with E-state index in [1.54, 1.807) is 6.07 Å². The molecule has 1 heterocycles. The Hall–Kier alpha value is -1.35. The monoisotopic (exact) mass is 177 g/mol. The van der Waals surface area contributed by atoms with Crippen molar-refractivity contribution in [2.45, 2.75) is 13.0 Å². The Bertz CT molecular complexity index is 331. The minimum absolute atomic E-state index is 0.277. The summed E-state index contributed by atoms with van der Waals surface area (Å²) in [4.78, 5) is 10.7. The van der Waals surface area contributed by atoms with E-state index in [-0.39, 0.29) is 5.97 Å². The lowest BCUT2D eigenvalue weighted by Gasteiger charge is -2.02. The van der Waals surface area contributed by atoms with E-state index in [1.165, 1.54) is 12.5 Å². The molecule has 1 aliphatic rings. The average Bonchev–Trinajstić information content (AvgIpc) is 2.85. The molecule has 1 aliphatic heterocycles. The summed E-state index contributed by atoms with van der Waals surface area (Å²) in [6.45, 7) is 2.42. The Morgan fingerprint density at radius 1 is 1.62 bits per heavy atom. The van der Waals surface area contributed by atoms with Crippen LogP contribution in [0.2, 0.25) is 0 Å². The number of benzene rings is 1. The minimum Gasteiger partial charge on any atom is -0.427 e. The molecule has 0 radical (unpaired) electrons. The van der Waals surface area contributed by atoms with Crippen LogP contribution in [0.3, 0.4) is 0 Å². The number of esters is 1. The topological polar surface area (TPSA) is 48.2 Å². The Labute approximate surface area is 76.7 Å². The highest BCUT2D eigenvalue weighted by molar-refractivity contribution is 5.69. The Kier molecular flexibility index (Phi) is 2.02. The standard InChI is InChI=1S/C10H11NO2/c1-7(12)13-9-4-2-3-8(5-9)10-6-11-10/h2-5,10-11H,6H2,1H3/t10-/m1/s1. The third kappa shape index (κ3) is 2.06. The summed E-state index contributed by atoms with van der Waals surface area (Å²) in [7, 11) is 0. The van der Waals surface area contributed by atoms with Gasteiger partial charge < -0.3 is 10.1 Å². The van der Waals surface area contributed by atoms with E-state index >= 15 is 0 Å². The number of hydrogen-bond donors (Lipinski definition) is 1. The van der Waals surface area contributed by atoms with Crippen LogP contribution < -0.4 is 10.1 Å². The second-order valence-electron chi connectivity index (χ2n) is 3.13. The predicted octanol–water partition coefficient (Wildman–Crippen LogP) is 1.26. The summed E-state index contributed by atoms with van der Waals surface area (Å²) in [5.74, 6) is 0.347. The van der Waals surface area contributed by atoms with Crippen molar-refractivity contribution < 1.29 is 9.53 Å². The van der Waals surface area contributed by atoms with Crippen molar-refractivity contribution in [1.29, 1.82) is 0 Å². The molecular weight excluding hydrogens is 166 g/mol. The molecule has 0 amide bonds. The van der Waals surface area contributed by atoms with E-state index in [2.05, 4.69) is 5.32 Å². The highest BCUT2D eigenvalue weighted by Crippen LogP contribution is 2.24. The lowest BCUT2D eigenvalue weighted by Crippen LogP contribution is -2.01. The molecule has 0 saturated carbocycles. The van der Waals surface area contributed by atoms with E-state index in [1.807, 2.05) is 18.2 Å². The number of carbonyl (C=O) groups is 1. The zero-order valence-electron chi connectivity index (χ0n) is 7.41. The molecule has 0 bridgehead atoms. The molecule has 0 aromatic heterocycles. The van der Waals surface area contributed by atoms with Crippen molar-refractivity contribution in [3.05, 3.63) is 29.8 Å². The summed E-state index contributed by atoms with van der Waals surface area (Å²) in [5, 5.41) is 3.19. The van der Waals surface area contributed by atoms with Gasteiger partial charge >= 0.3 is 5.97 Å². The molecular formula is C10H11NO2. The SMILES string of the molecule is CC(=O)Oc1cccc([C@H]2CN2)c1. The maximum Gasteiger partial charge on any atom is 0.308 e. The van der Waals surface area contributed by atoms with Gasteiger partial charge in [-0.2, -0.15) is 0 Å². The van der Waals surface area contributed by atoms with Gasteiger partial charge in [-0.3, -0.25) is 4.79 Å². The van der Waals surface area contributed by atoms with Gasteiger partial charge in [0.25, 0.3) is 0 Å². The van der Waals surface area contributed by atoms with Crippen molar-refractivity contribution in [2.24, 2.45) is 0 Å². The molecule has 3 heteroatoms. The van der Waals surface area contributed by atoms with Crippen LogP contribution in [0.25, 0.3) is 0 Å². The quantitative estimate of drug-likeness (QED) is 0.420. The maximum atomic E-state index is 10.7. The zero-order valence-corrected chi connectivity index (χ0v) is 7.41. The Balaban J connectivity index is 2.16. The van der Waals surface area contributed by atoms with Crippen LogP contribution in [-0.2, 0) is 4.79 Å². The third-order valence-corrected chi connectivity index (χ3v) is 1.93. The van der Waals surface area contributed by atoms with Gasteiger partial charge in [0.15, 0.2) is 0 Å². The van der Waals surface area contributed by atoms with Crippen molar-refractivity contribution in [3.8, 4) is 5.75 Å². The van der Waals surface area contributed by atoms with Crippen LogP contribution in [0.15, 0.2) is 24.3 Å². The van der Waals surface area contributed by atoms with Gasteiger partial charge in [-0.25, -0.2) is 0 Å². The van der Waals surface area contributed by atoms with Gasteiger partial charge in [0.1, 0.15) is 5.75 Å². The summed E-state index contributed by atoms with van der Waals surface area (Å²) in [6, 6.07) is 8.06. The highest BCUT2D eigenvalue weighted by atomic mass is 16.5. The molecule has 1 aromatic carbocycles. The molecule has 0 aliphatic carbocycles. The third-order valence-electron chi connectivity index (χ3n) is 1.93. The zero-order chi connectivity index (χ0) is 9.26. The first-order valence-corrected chi connectivity index (χ1v) is 4.27. The van der Waals surface area contributed by atoms with Gasteiger partial charge in [-0.1, -0.05) is 12.1 Å². The summed E-state index contributed by atoms with van der Waals surface area (Å²) in [5.41, 5.74) is 1.18. The van der Waals surface area contributed by atoms with Gasteiger partial charge in [-0.15, -0.1) is 0 Å². The van der Waals surface area contributed by atoms with E-state index in [9.17, 15) is 4.79 Å². The first-order chi connectivity index (χ1) is 6.25. The fraction of sp³-hybridized carbons (Fsp3) is 0.300. The van der Waals surface area contributed by atoms with Crippen molar-refractivity contribution in [3.63, 3.8) is 0 Å². The predicted molar refractivity (Wildman–Crippen MR) is 48.5 cm³/mol. The Morgan fingerprint density at radius 2 is 2.38 bits per heavy atom. The molecule has 0 spiro atoms. The largest absolute Gasteiger partial charge is 0.427 e. The van der Waals surface area contributed by atoms with Crippen molar-refractivity contribution >= 4 is 5.97 Å². The van der Waals surface area contributed by atoms with Crippen molar-refractivity contribution in [1.82, 2.24) is 5.32 Å². The van der Waals surface area contributed by atoms with Crippen LogP contribution in [0.5, 0.6) is 5.75 Å². The lowest BCUT2D eigenvalue weighted by atomic mass is 10.1. The number of ether oxygens (including phenoxy) is 1. The van der Waals surface area contributed by atoms with Crippen LogP contribution in [0.1, 0.15) is 18.5 Å². The van der Waals surface area contributed by atoms with Crippen LogP contribution in [0, 0.1) is 0 Å². The number of hydrogen-bond acceptors (Lipinski definition) is 3. The van der Waals surface area contributed by atoms with Gasteiger partial charge in [0.05, 0.1) is 0 Å². The molecule has 2 rings (SSSR count). The Morgan fingerprint density at radius 3 is 3.00 bits per heavy atom. The fourth-order valence-corrected chi connectivity index (χ4v) is 1.26. The van der Waals surface area contributed by atoms with E-state index < -0.39 is 0 Å². The molecule has 1 atom stereocenters. The van der Waals surface area contributed by atoms with Crippen molar-refractivity contribution in [2.75, 3.05) is 6.54 Å². The molecule has 1 aromatic rings. The molecule has 68 valence electrons. The lowest BCUT2D eigenvalue weighted by molar-refractivity contribution is -0.131. The highest BCUT2D eigenvalue weighted by Gasteiger charge is 2.22. The van der Waals surface area contributed by atoms with Gasteiger partial charge in [-0.05, 0) is 17.7 Å². The molecule has 1 saturated heterocycles. The second kappa shape index (κ2) is 3.18. The molecule has 13 heavy (non-hydrogen) atoms. The molecule has 0 unspecified atom stereocenters. The summed E-state index contributed by atoms with van der Waals surface area (Å²) in [6.07, 6.45) is 0. The average molecular weight is 177 g/mol. The van der Waals surface area contributed by atoms with E-state index in [4.69, 9.17) is 4.74 Å². The smallest absolute Gasteiger partial charge is 0.308 e. The molecule has 1 N–H and O–H groups in total. The molecule has 3 nitrogen and oxygen atoms in total. The van der Waals surface area contributed by atoms with Gasteiger partial charge in [0.2, 0.25) is 0 Å². The van der Waals surface area contributed by atoms with E-state index in [0.717, 1.165) is 6.54 Å². The van der Waals surface area contributed by atoms with E-state index in [0.29, 0.717) is 11.8 Å². The van der Waals surface area contributed by atoms with Crippen LogP contribution >= 0.6 is 0 Å². The number of nitrogens with one attached hydrogen (secondary N) is 1. The number of rotatable bonds is 2. The van der Waals surface area contributed by atoms with Crippen LogP contribution in [0.4, 0.5) is 0 Å². The second-order valence-corrected chi connectivity index (χ2v) is 3.13. The summed E-state index contributed by atoms with van der Waals surface area (Å²) >= 11 is 0. The molecule has 1 fully saturated rings.